The molecule has 5 heteroatoms. The molecule has 3 rings (SSSR count). The number of fused-ring (bicyclic) bond motifs is 1. The van der Waals surface area contributed by atoms with Gasteiger partial charge < -0.3 is 19.5 Å². The van der Waals surface area contributed by atoms with Gasteiger partial charge in [0.25, 0.3) is 5.91 Å². The average Bonchev–Trinajstić information content (AvgIpc) is 2.54. The van der Waals surface area contributed by atoms with Crippen molar-refractivity contribution in [3.63, 3.8) is 0 Å². The summed E-state index contributed by atoms with van der Waals surface area (Å²) in [6, 6.07) is 12.4. The monoisotopic (exact) mass is 327 g/mol. The maximum absolute atomic E-state index is 12.4. The number of anilines is 1. The zero-order valence-electron chi connectivity index (χ0n) is 14.1. The predicted octanol–water partition coefficient (Wildman–Crippen LogP) is 3.89. The molecule has 0 bridgehead atoms. The zero-order chi connectivity index (χ0) is 17.2. The Bertz CT molecular complexity index is 732. The SMILES string of the molecule is CC(C)(C)Oc1ccc(C(=O)Nc2ccc3c(c2)OCCO3)cc1. The van der Waals surface area contributed by atoms with Crippen molar-refractivity contribution in [3.05, 3.63) is 48.0 Å². The third kappa shape index (κ3) is 3.98. The molecule has 1 heterocycles. The quantitative estimate of drug-likeness (QED) is 0.929. The fourth-order valence-electron chi connectivity index (χ4n) is 2.35. The lowest BCUT2D eigenvalue weighted by atomic mass is 10.1. The van der Waals surface area contributed by atoms with Crippen LogP contribution in [0.3, 0.4) is 0 Å². The van der Waals surface area contributed by atoms with E-state index < -0.39 is 0 Å². The van der Waals surface area contributed by atoms with E-state index in [2.05, 4.69) is 5.32 Å². The summed E-state index contributed by atoms with van der Waals surface area (Å²) in [5, 5.41) is 2.86. The Balaban J connectivity index is 1.68. The summed E-state index contributed by atoms with van der Waals surface area (Å²) in [6.07, 6.45) is 0. The molecular weight excluding hydrogens is 306 g/mol. The highest BCUT2D eigenvalue weighted by molar-refractivity contribution is 6.04. The minimum absolute atomic E-state index is 0.186. The molecule has 0 fully saturated rings. The van der Waals surface area contributed by atoms with Crippen molar-refractivity contribution < 1.29 is 19.0 Å². The molecule has 2 aromatic carbocycles. The largest absolute Gasteiger partial charge is 0.488 e. The van der Waals surface area contributed by atoms with Gasteiger partial charge in [0.05, 0.1) is 0 Å². The van der Waals surface area contributed by atoms with Gasteiger partial charge in [0.1, 0.15) is 24.6 Å². The Morgan fingerprint density at radius 2 is 1.67 bits per heavy atom. The second-order valence-electron chi connectivity index (χ2n) is 6.55. The molecule has 0 radical (unpaired) electrons. The van der Waals surface area contributed by atoms with Gasteiger partial charge in [-0.25, -0.2) is 0 Å². The zero-order valence-corrected chi connectivity index (χ0v) is 14.1. The standard InChI is InChI=1S/C19H21NO4/c1-19(2,3)24-15-7-4-13(5-8-15)18(21)20-14-6-9-16-17(12-14)23-11-10-22-16/h4-9,12H,10-11H2,1-3H3,(H,20,21). The van der Waals surface area contributed by atoms with Crippen LogP contribution in [0.15, 0.2) is 42.5 Å². The first-order valence-electron chi connectivity index (χ1n) is 7.91. The van der Waals surface area contributed by atoms with Crippen LogP contribution < -0.4 is 19.5 Å². The summed E-state index contributed by atoms with van der Waals surface area (Å²) in [6.45, 7) is 7.00. The molecule has 2 aromatic rings. The molecule has 1 amide bonds. The van der Waals surface area contributed by atoms with Crippen LogP contribution in [0.1, 0.15) is 31.1 Å². The van der Waals surface area contributed by atoms with Crippen molar-refractivity contribution in [2.24, 2.45) is 0 Å². The van der Waals surface area contributed by atoms with Gasteiger partial charge >= 0.3 is 0 Å². The number of carbonyl (C=O) groups is 1. The van der Waals surface area contributed by atoms with Gasteiger partial charge in [-0.2, -0.15) is 0 Å². The van der Waals surface area contributed by atoms with Crippen molar-refractivity contribution >= 4 is 11.6 Å². The summed E-state index contributed by atoms with van der Waals surface area (Å²) < 4.78 is 16.7. The molecular formula is C19H21NO4. The third-order valence-electron chi connectivity index (χ3n) is 3.34. The first-order valence-corrected chi connectivity index (χ1v) is 7.91. The molecule has 0 saturated carbocycles. The van der Waals surface area contributed by atoms with E-state index in [4.69, 9.17) is 14.2 Å². The Labute approximate surface area is 141 Å². The van der Waals surface area contributed by atoms with E-state index in [1.54, 1.807) is 42.5 Å². The molecule has 0 aromatic heterocycles. The fourth-order valence-corrected chi connectivity index (χ4v) is 2.35. The summed E-state index contributed by atoms with van der Waals surface area (Å²) in [4.78, 5) is 12.4. The predicted molar refractivity (Wildman–Crippen MR) is 92.2 cm³/mol. The van der Waals surface area contributed by atoms with Crippen molar-refractivity contribution in [1.82, 2.24) is 0 Å². The first kappa shape index (κ1) is 16.2. The highest BCUT2D eigenvalue weighted by atomic mass is 16.6. The number of rotatable bonds is 3. The Morgan fingerprint density at radius 3 is 2.33 bits per heavy atom. The van der Waals surface area contributed by atoms with Gasteiger partial charge in [0.2, 0.25) is 0 Å². The number of hydrogen-bond acceptors (Lipinski definition) is 4. The lowest BCUT2D eigenvalue weighted by Gasteiger charge is -2.21. The average molecular weight is 327 g/mol. The Kier molecular flexibility index (Phi) is 4.34. The molecule has 1 N–H and O–H groups in total. The van der Waals surface area contributed by atoms with E-state index in [9.17, 15) is 4.79 Å². The summed E-state index contributed by atoms with van der Waals surface area (Å²) in [7, 11) is 0. The van der Waals surface area contributed by atoms with E-state index in [0.717, 1.165) is 5.75 Å². The van der Waals surface area contributed by atoms with Gasteiger partial charge in [-0.3, -0.25) is 4.79 Å². The highest BCUT2D eigenvalue weighted by Gasteiger charge is 2.14. The number of amides is 1. The van der Waals surface area contributed by atoms with Gasteiger partial charge in [0, 0.05) is 17.3 Å². The fraction of sp³-hybridized carbons (Fsp3) is 0.316. The van der Waals surface area contributed by atoms with E-state index >= 15 is 0 Å². The molecule has 0 unspecified atom stereocenters. The van der Waals surface area contributed by atoms with Gasteiger partial charge in [-0.05, 0) is 57.2 Å². The molecule has 5 nitrogen and oxygen atoms in total. The molecule has 126 valence electrons. The lowest BCUT2D eigenvalue weighted by molar-refractivity contribution is 0.102. The molecule has 1 aliphatic heterocycles. The normalized spacial score (nSPS) is 13.3. The Morgan fingerprint density at radius 1 is 1.00 bits per heavy atom. The summed E-state index contributed by atoms with van der Waals surface area (Å²) in [5.41, 5.74) is 0.958. The number of nitrogens with one attached hydrogen (secondary N) is 1. The van der Waals surface area contributed by atoms with E-state index in [1.165, 1.54) is 0 Å². The van der Waals surface area contributed by atoms with E-state index in [-0.39, 0.29) is 11.5 Å². The van der Waals surface area contributed by atoms with Crippen LogP contribution in [0.2, 0.25) is 0 Å². The maximum Gasteiger partial charge on any atom is 0.255 e. The minimum atomic E-state index is -0.269. The van der Waals surface area contributed by atoms with Crippen LogP contribution in [-0.2, 0) is 0 Å². The van der Waals surface area contributed by atoms with E-state index in [0.29, 0.717) is 36.0 Å². The maximum atomic E-state index is 12.4. The molecule has 0 saturated heterocycles. The van der Waals surface area contributed by atoms with E-state index in [1.807, 2.05) is 20.8 Å². The second-order valence-corrected chi connectivity index (χ2v) is 6.55. The first-order chi connectivity index (χ1) is 11.4. The van der Waals surface area contributed by atoms with Crippen LogP contribution in [-0.4, -0.2) is 24.7 Å². The number of ether oxygens (including phenoxy) is 3. The van der Waals surface area contributed by atoms with Crippen LogP contribution in [0, 0.1) is 0 Å². The van der Waals surface area contributed by atoms with Gasteiger partial charge in [-0.1, -0.05) is 0 Å². The van der Waals surface area contributed by atoms with Crippen molar-refractivity contribution in [1.29, 1.82) is 0 Å². The molecule has 1 aliphatic rings. The van der Waals surface area contributed by atoms with Crippen molar-refractivity contribution in [3.8, 4) is 17.2 Å². The summed E-state index contributed by atoms with van der Waals surface area (Å²) >= 11 is 0. The van der Waals surface area contributed by atoms with Crippen LogP contribution >= 0.6 is 0 Å². The highest BCUT2D eigenvalue weighted by Crippen LogP contribution is 2.32. The van der Waals surface area contributed by atoms with Crippen LogP contribution in [0.5, 0.6) is 17.2 Å². The molecule has 0 atom stereocenters. The van der Waals surface area contributed by atoms with Gasteiger partial charge in [-0.15, -0.1) is 0 Å². The van der Waals surface area contributed by atoms with Crippen LogP contribution in [0.4, 0.5) is 5.69 Å². The van der Waals surface area contributed by atoms with Gasteiger partial charge in [0.15, 0.2) is 11.5 Å². The number of carbonyl (C=O) groups excluding carboxylic acids is 1. The minimum Gasteiger partial charge on any atom is -0.488 e. The number of benzene rings is 2. The molecule has 0 aliphatic carbocycles. The third-order valence-corrected chi connectivity index (χ3v) is 3.34. The lowest BCUT2D eigenvalue weighted by Crippen LogP contribution is -2.23. The second kappa shape index (κ2) is 6.43. The molecule has 0 spiro atoms. The van der Waals surface area contributed by atoms with Crippen molar-refractivity contribution in [2.45, 2.75) is 26.4 Å². The molecule has 24 heavy (non-hydrogen) atoms. The topological polar surface area (TPSA) is 56.8 Å². The Hall–Kier alpha value is -2.69. The summed E-state index contributed by atoms with van der Waals surface area (Å²) in [5.74, 6) is 1.89. The number of hydrogen-bond donors (Lipinski definition) is 1. The van der Waals surface area contributed by atoms with Crippen LogP contribution in [0.25, 0.3) is 0 Å². The smallest absolute Gasteiger partial charge is 0.255 e. The van der Waals surface area contributed by atoms with Crippen molar-refractivity contribution in [2.75, 3.05) is 18.5 Å².